The molecule has 78 valence electrons. The van der Waals surface area contributed by atoms with E-state index in [1.807, 2.05) is 0 Å². The van der Waals surface area contributed by atoms with Crippen molar-refractivity contribution in [1.82, 2.24) is 0 Å². The van der Waals surface area contributed by atoms with Crippen molar-refractivity contribution < 1.29 is 14.3 Å². The van der Waals surface area contributed by atoms with Crippen molar-refractivity contribution in [1.29, 1.82) is 0 Å². The highest BCUT2D eigenvalue weighted by Gasteiger charge is 2.37. The number of methoxy groups -OCH3 is 1. The molecule has 1 atom stereocenters. The average Bonchev–Trinajstić information content (AvgIpc) is 2.55. The van der Waals surface area contributed by atoms with Gasteiger partial charge in [0.05, 0.1) is 12.8 Å². The zero-order chi connectivity index (χ0) is 11.0. The maximum atomic E-state index is 11.6. The molecular weight excluding hydrogens is 262 g/mol. The number of anilines is 1. The van der Waals surface area contributed by atoms with Crippen molar-refractivity contribution >= 4 is 33.5 Å². The summed E-state index contributed by atoms with van der Waals surface area (Å²) < 4.78 is 5.35. The number of ether oxygens (including phenoxy) is 1. The van der Waals surface area contributed by atoms with E-state index in [-0.39, 0.29) is 5.91 Å². The van der Waals surface area contributed by atoms with E-state index in [1.54, 1.807) is 18.2 Å². The summed E-state index contributed by atoms with van der Waals surface area (Å²) in [4.78, 5) is 23.0. The van der Waals surface area contributed by atoms with Gasteiger partial charge >= 0.3 is 5.97 Å². The minimum Gasteiger partial charge on any atom is -0.468 e. The SMILES string of the molecule is COC(=O)C1C(=O)Nc2c(Br)cccc21. The van der Waals surface area contributed by atoms with Crippen LogP contribution in [0.15, 0.2) is 22.7 Å². The Morgan fingerprint density at radius 3 is 2.93 bits per heavy atom. The van der Waals surface area contributed by atoms with Crippen molar-refractivity contribution in [2.75, 3.05) is 12.4 Å². The number of carbonyl (C=O) groups is 2. The Bertz CT molecular complexity index is 444. The first-order valence-electron chi connectivity index (χ1n) is 4.32. The molecule has 1 aromatic carbocycles. The molecule has 0 saturated heterocycles. The van der Waals surface area contributed by atoms with Crippen LogP contribution in [0.25, 0.3) is 0 Å². The quantitative estimate of drug-likeness (QED) is 0.623. The summed E-state index contributed by atoms with van der Waals surface area (Å²) >= 11 is 3.31. The van der Waals surface area contributed by atoms with Gasteiger partial charge in [0.25, 0.3) is 0 Å². The standard InChI is InChI=1S/C10H8BrNO3/c1-15-10(14)7-5-3-2-4-6(11)8(5)12-9(7)13/h2-4,7H,1H3,(H,12,13). The smallest absolute Gasteiger partial charge is 0.322 e. The molecule has 4 nitrogen and oxygen atoms in total. The average molecular weight is 270 g/mol. The number of amides is 1. The van der Waals surface area contributed by atoms with E-state index in [2.05, 4.69) is 26.0 Å². The first-order chi connectivity index (χ1) is 7.15. The molecule has 1 N–H and O–H groups in total. The fourth-order valence-electron chi connectivity index (χ4n) is 1.60. The van der Waals surface area contributed by atoms with Crippen LogP contribution >= 0.6 is 15.9 Å². The minimum absolute atomic E-state index is 0.344. The fourth-order valence-corrected chi connectivity index (χ4v) is 2.08. The molecule has 0 radical (unpaired) electrons. The maximum absolute atomic E-state index is 11.6. The topological polar surface area (TPSA) is 55.4 Å². The first-order valence-corrected chi connectivity index (χ1v) is 5.11. The summed E-state index contributed by atoms with van der Waals surface area (Å²) in [5.41, 5.74) is 1.30. The number of hydrogen-bond donors (Lipinski definition) is 1. The number of esters is 1. The Morgan fingerprint density at radius 2 is 2.27 bits per heavy atom. The third kappa shape index (κ3) is 1.52. The highest BCUT2D eigenvalue weighted by Crippen LogP contribution is 2.38. The fraction of sp³-hybridized carbons (Fsp3) is 0.200. The molecular formula is C10H8BrNO3. The summed E-state index contributed by atoms with van der Waals surface area (Å²) in [6, 6.07) is 5.32. The van der Waals surface area contributed by atoms with Crippen molar-refractivity contribution in [3.63, 3.8) is 0 Å². The molecule has 0 fully saturated rings. The number of rotatable bonds is 1. The van der Waals surface area contributed by atoms with Crippen LogP contribution in [0.2, 0.25) is 0 Å². The largest absolute Gasteiger partial charge is 0.468 e. The van der Waals surface area contributed by atoms with Gasteiger partial charge in [-0.05, 0) is 22.0 Å². The molecule has 5 heteroatoms. The molecule has 1 aromatic rings. The number of para-hydroxylation sites is 1. The molecule has 0 aromatic heterocycles. The summed E-state index contributed by atoms with van der Waals surface area (Å²) in [6.45, 7) is 0. The van der Waals surface area contributed by atoms with E-state index < -0.39 is 11.9 Å². The highest BCUT2D eigenvalue weighted by atomic mass is 79.9. The van der Waals surface area contributed by atoms with E-state index in [9.17, 15) is 9.59 Å². The van der Waals surface area contributed by atoms with E-state index in [0.717, 1.165) is 4.47 Å². The third-order valence-electron chi connectivity index (χ3n) is 2.30. The molecule has 1 heterocycles. The molecule has 0 bridgehead atoms. The van der Waals surface area contributed by atoms with E-state index >= 15 is 0 Å². The van der Waals surface area contributed by atoms with Crippen LogP contribution in [-0.4, -0.2) is 19.0 Å². The molecule has 0 aliphatic carbocycles. The lowest BCUT2D eigenvalue weighted by Crippen LogP contribution is -2.21. The summed E-state index contributed by atoms with van der Waals surface area (Å²) in [6.07, 6.45) is 0. The van der Waals surface area contributed by atoms with Gasteiger partial charge in [0.2, 0.25) is 5.91 Å². The van der Waals surface area contributed by atoms with Gasteiger partial charge in [0, 0.05) is 10.0 Å². The van der Waals surface area contributed by atoms with Gasteiger partial charge in [-0.1, -0.05) is 12.1 Å². The van der Waals surface area contributed by atoms with Crippen molar-refractivity contribution in [2.24, 2.45) is 0 Å². The van der Waals surface area contributed by atoms with E-state index in [1.165, 1.54) is 7.11 Å². The van der Waals surface area contributed by atoms with Crippen LogP contribution < -0.4 is 5.32 Å². The first kappa shape index (κ1) is 10.2. The number of fused-ring (bicyclic) bond motifs is 1. The van der Waals surface area contributed by atoms with Gasteiger partial charge in [-0.3, -0.25) is 9.59 Å². The highest BCUT2D eigenvalue weighted by molar-refractivity contribution is 9.10. The van der Waals surface area contributed by atoms with Gasteiger partial charge in [-0.25, -0.2) is 0 Å². The van der Waals surface area contributed by atoms with Gasteiger partial charge in [-0.15, -0.1) is 0 Å². The van der Waals surface area contributed by atoms with Crippen LogP contribution in [0.3, 0.4) is 0 Å². The molecule has 0 spiro atoms. The van der Waals surface area contributed by atoms with Crippen molar-refractivity contribution in [2.45, 2.75) is 5.92 Å². The Balaban J connectivity index is 2.51. The molecule has 1 aliphatic heterocycles. The second-order valence-corrected chi connectivity index (χ2v) is 4.00. The molecule has 1 amide bonds. The Kier molecular flexibility index (Phi) is 2.48. The summed E-state index contributed by atoms with van der Waals surface area (Å²) in [5, 5.41) is 2.64. The number of nitrogens with one attached hydrogen (secondary N) is 1. The van der Waals surface area contributed by atoms with Crippen LogP contribution in [0, 0.1) is 0 Å². The molecule has 15 heavy (non-hydrogen) atoms. The lowest BCUT2D eigenvalue weighted by atomic mass is 10.0. The molecule has 0 saturated carbocycles. The van der Waals surface area contributed by atoms with E-state index in [4.69, 9.17) is 0 Å². The zero-order valence-electron chi connectivity index (χ0n) is 7.91. The Hall–Kier alpha value is -1.36. The molecule has 1 aliphatic rings. The number of hydrogen-bond acceptors (Lipinski definition) is 3. The Labute approximate surface area is 94.7 Å². The van der Waals surface area contributed by atoms with Gasteiger partial charge in [0.1, 0.15) is 0 Å². The number of halogens is 1. The number of carbonyl (C=O) groups excluding carboxylic acids is 2. The van der Waals surface area contributed by atoms with Crippen molar-refractivity contribution in [3.8, 4) is 0 Å². The monoisotopic (exact) mass is 269 g/mol. The predicted molar refractivity (Wildman–Crippen MR) is 57.5 cm³/mol. The molecule has 2 rings (SSSR count). The lowest BCUT2D eigenvalue weighted by Gasteiger charge is -2.05. The second-order valence-electron chi connectivity index (χ2n) is 3.15. The van der Waals surface area contributed by atoms with Gasteiger partial charge in [-0.2, -0.15) is 0 Å². The lowest BCUT2D eigenvalue weighted by molar-refractivity contribution is -0.144. The van der Waals surface area contributed by atoms with Crippen molar-refractivity contribution in [3.05, 3.63) is 28.2 Å². The third-order valence-corrected chi connectivity index (χ3v) is 2.96. The zero-order valence-corrected chi connectivity index (χ0v) is 9.50. The minimum atomic E-state index is -0.845. The normalized spacial score (nSPS) is 18.3. The maximum Gasteiger partial charge on any atom is 0.322 e. The second kappa shape index (κ2) is 3.66. The summed E-state index contributed by atoms with van der Waals surface area (Å²) in [5.74, 6) is -1.73. The predicted octanol–water partition coefficient (Wildman–Crippen LogP) is 1.66. The van der Waals surface area contributed by atoms with Crippen LogP contribution in [-0.2, 0) is 14.3 Å². The van der Waals surface area contributed by atoms with E-state index in [0.29, 0.717) is 11.3 Å². The number of benzene rings is 1. The van der Waals surface area contributed by atoms with Crippen LogP contribution in [0.5, 0.6) is 0 Å². The summed E-state index contributed by atoms with van der Waals surface area (Å²) in [7, 11) is 1.27. The van der Waals surface area contributed by atoms with Gasteiger partial charge in [0.15, 0.2) is 5.92 Å². The Morgan fingerprint density at radius 1 is 1.53 bits per heavy atom. The van der Waals surface area contributed by atoms with Gasteiger partial charge < -0.3 is 10.1 Å². The molecule has 1 unspecified atom stereocenters. The van der Waals surface area contributed by atoms with Crippen LogP contribution in [0.1, 0.15) is 11.5 Å². The van der Waals surface area contributed by atoms with Crippen LogP contribution in [0.4, 0.5) is 5.69 Å².